The quantitative estimate of drug-likeness (QED) is 0.633. The zero-order valence-electron chi connectivity index (χ0n) is 15.0. The maximum absolute atomic E-state index is 6.19. The summed E-state index contributed by atoms with van der Waals surface area (Å²) in [6, 6.07) is 15.6. The van der Waals surface area contributed by atoms with Crippen LogP contribution < -0.4 is 15.4 Å². The van der Waals surface area contributed by atoms with E-state index in [1.165, 1.54) is 0 Å². The molecule has 2 N–H and O–H groups in total. The van der Waals surface area contributed by atoms with Crippen molar-refractivity contribution in [2.24, 2.45) is 0 Å². The van der Waals surface area contributed by atoms with E-state index in [1.807, 2.05) is 62.4 Å². The summed E-state index contributed by atoms with van der Waals surface area (Å²) >= 11 is 6.19. The minimum atomic E-state index is 0.663. The summed E-state index contributed by atoms with van der Waals surface area (Å²) in [6.45, 7) is 4.50. The lowest BCUT2D eigenvalue weighted by Gasteiger charge is -2.11. The molecule has 0 fully saturated rings. The number of halogens is 1. The van der Waals surface area contributed by atoms with Crippen LogP contribution in [0.25, 0.3) is 0 Å². The standard InChI is InChI=1S/C20H21ClN4O/c1-13-4-7-16(10-18(13)21)25-20-11-19(23-14(2)24-20)22-12-15-5-8-17(26-3)9-6-15/h4-11H,12H2,1-3H3,(H2,22,23,24,25). The lowest BCUT2D eigenvalue weighted by atomic mass is 10.2. The van der Waals surface area contributed by atoms with Gasteiger partial charge in [-0.25, -0.2) is 9.97 Å². The molecule has 5 nitrogen and oxygen atoms in total. The van der Waals surface area contributed by atoms with Gasteiger partial charge in [0.1, 0.15) is 23.2 Å². The largest absolute Gasteiger partial charge is 0.497 e. The van der Waals surface area contributed by atoms with E-state index in [1.54, 1.807) is 7.11 Å². The molecule has 0 bridgehead atoms. The van der Waals surface area contributed by atoms with Gasteiger partial charge in [0.25, 0.3) is 0 Å². The molecule has 0 amide bonds. The van der Waals surface area contributed by atoms with Crippen LogP contribution >= 0.6 is 11.6 Å². The number of benzene rings is 2. The van der Waals surface area contributed by atoms with Crippen LogP contribution in [-0.2, 0) is 6.54 Å². The Morgan fingerprint density at radius 3 is 2.38 bits per heavy atom. The van der Waals surface area contributed by atoms with Gasteiger partial charge >= 0.3 is 0 Å². The molecule has 2 aromatic carbocycles. The Hall–Kier alpha value is -2.79. The first-order chi connectivity index (χ1) is 12.5. The average Bonchev–Trinajstić information content (AvgIpc) is 2.63. The van der Waals surface area contributed by atoms with Crippen molar-refractivity contribution in [3.63, 3.8) is 0 Å². The van der Waals surface area contributed by atoms with Crippen molar-refractivity contribution in [2.75, 3.05) is 17.7 Å². The van der Waals surface area contributed by atoms with Gasteiger partial charge in [0, 0.05) is 23.3 Å². The number of methoxy groups -OCH3 is 1. The minimum Gasteiger partial charge on any atom is -0.497 e. The number of hydrogen-bond acceptors (Lipinski definition) is 5. The number of nitrogens with zero attached hydrogens (tertiary/aromatic N) is 2. The van der Waals surface area contributed by atoms with Crippen LogP contribution in [0.1, 0.15) is 17.0 Å². The molecule has 6 heteroatoms. The zero-order valence-corrected chi connectivity index (χ0v) is 15.8. The minimum absolute atomic E-state index is 0.663. The second-order valence-corrected chi connectivity index (χ2v) is 6.38. The summed E-state index contributed by atoms with van der Waals surface area (Å²) < 4.78 is 5.18. The molecule has 3 rings (SSSR count). The predicted molar refractivity (Wildman–Crippen MR) is 107 cm³/mol. The van der Waals surface area contributed by atoms with E-state index in [0.717, 1.165) is 39.2 Å². The van der Waals surface area contributed by atoms with Crippen molar-refractivity contribution in [2.45, 2.75) is 20.4 Å². The first-order valence-corrected chi connectivity index (χ1v) is 8.67. The van der Waals surface area contributed by atoms with Crippen LogP contribution in [0, 0.1) is 13.8 Å². The van der Waals surface area contributed by atoms with E-state index in [4.69, 9.17) is 16.3 Å². The molecule has 0 spiro atoms. The van der Waals surface area contributed by atoms with E-state index < -0.39 is 0 Å². The van der Waals surface area contributed by atoms with Crippen molar-refractivity contribution in [3.05, 3.63) is 70.5 Å². The fourth-order valence-corrected chi connectivity index (χ4v) is 2.66. The van der Waals surface area contributed by atoms with Crippen LogP contribution in [0.2, 0.25) is 5.02 Å². The number of anilines is 3. The number of ether oxygens (including phenoxy) is 1. The molecule has 0 aliphatic rings. The third-order valence-corrected chi connectivity index (χ3v) is 4.32. The Morgan fingerprint density at radius 1 is 0.962 bits per heavy atom. The van der Waals surface area contributed by atoms with Crippen molar-refractivity contribution >= 4 is 28.9 Å². The number of nitrogens with one attached hydrogen (secondary N) is 2. The van der Waals surface area contributed by atoms with Crippen LogP contribution in [0.4, 0.5) is 17.3 Å². The summed E-state index contributed by atoms with van der Waals surface area (Å²) in [4.78, 5) is 8.88. The van der Waals surface area contributed by atoms with Crippen molar-refractivity contribution in [1.82, 2.24) is 9.97 Å². The Labute approximate surface area is 158 Å². The maximum Gasteiger partial charge on any atom is 0.136 e. The van der Waals surface area contributed by atoms with Gasteiger partial charge in [0.05, 0.1) is 7.11 Å². The molecular formula is C20H21ClN4O. The molecule has 0 unspecified atom stereocenters. The summed E-state index contributed by atoms with van der Waals surface area (Å²) in [5, 5.41) is 7.32. The molecule has 134 valence electrons. The fourth-order valence-electron chi connectivity index (χ4n) is 2.48. The lowest BCUT2D eigenvalue weighted by molar-refractivity contribution is 0.414. The van der Waals surface area contributed by atoms with Crippen LogP contribution in [-0.4, -0.2) is 17.1 Å². The third kappa shape index (κ3) is 4.64. The van der Waals surface area contributed by atoms with E-state index in [2.05, 4.69) is 20.6 Å². The average molecular weight is 369 g/mol. The Bertz CT molecular complexity index is 897. The van der Waals surface area contributed by atoms with Crippen LogP contribution in [0.5, 0.6) is 5.75 Å². The highest BCUT2D eigenvalue weighted by Crippen LogP contribution is 2.23. The van der Waals surface area contributed by atoms with E-state index in [-0.39, 0.29) is 0 Å². The SMILES string of the molecule is COc1ccc(CNc2cc(Nc3ccc(C)c(Cl)c3)nc(C)n2)cc1. The van der Waals surface area contributed by atoms with Gasteiger partial charge in [-0.2, -0.15) is 0 Å². The Morgan fingerprint density at radius 2 is 1.69 bits per heavy atom. The third-order valence-electron chi connectivity index (χ3n) is 3.91. The van der Waals surface area contributed by atoms with Gasteiger partial charge in [-0.15, -0.1) is 0 Å². The highest BCUT2D eigenvalue weighted by Gasteiger charge is 2.04. The van der Waals surface area contributed by atoms with E-state index in [9.17, 15) is 0 Å². The number of aryl methyl sites for hydroxylation is 2. The summed E-state index contributed by atoms with van der Waals surface area (Å²) in [6.07, 6.45) is 0. The fraction of sp³-hybridized carbons (Fsp3) is 0.200. The van der Waals surface area contributed by atoms with Gasteiger partial charge in [0.2, 0.25) is 0 Å². The zero-order chi connectivity index (χ0) is 18.5. The molecule has 1 aromatic heterocycles. The molecule has 3 aromatic rings. The molecule has 0 saturated heterocycles. The van der Waals surface area contributed by atoms with Gasteiger partial charge in [-0.1, -0.05) is 29.8 Å². The first kappa shape index (κ1) is 18.0. The second-order valence-electron chi connectivity index (χ2n) is 5.98. The molecule has 0 aliphatic heterocycles. The van der Waals surface area contributed by atoms with Crippen molar-refractivity contribution in [3.8, 4) is 5.75 Å². The van der Waals surface area contributed by atoms with E-state index in [0.29, 0.717) is 12.4 Å². The van der Waals surface area contributed by atoms with Gasteiger partial charge in [-0.3, -0.25) is 0 Å². The second kappa shape index (κ2) is 8.06. The van der Waals surface area contributed by atoms with Gasteiger partial charge < -0.3 is 15.4 Å². The molecular weight excluding hydrogens is 348 g/mol. The maximum atomic E-state index is 6.19. The molecule has 0 atom stereocenters. The highest BCUT2D eigenvalue weighted by atomic mass is 35.5. The molecule has 26 heavy (non-hydrogen) atoms. The Kier molecular flexibility index (Phi) is 5.58. The number of rotatable bonds is 6. The first-order valence-electron chi connectivity index (χ1n) is 8.29. The van der Waals surface area contributed by atoms with Gasteiger partial charge in [0.15, 0.2) is 0 Å². The molecule has 1 heterocycles. The van der Waals surface area contributed by atoms with Crippen LogP contribution in [0.15, 0.2) is 48.5 Å². The lowest BCUT2D eigenvalue weighted by Crippen LogP contribution is -2.05. The molecule has 0 aliphatic carbocycles. The summed E-state index contributed by atoms with van der Waals surface area (Å²) in [5.74, 6) is 3.00. The Balaban J connectivity index is 1.71. The number of aromatic nitrogens is 2. The normalized spacial score (nSPS) is 10.5. The van der Waals surface area contributed by atoms with Crippen molar-refractivity contribution < 1.29 is 4.74 Å². The van der Waals surface area contributed by atoms with Gasteiger partial charge in [-0.05, 0) is 49.2 Å². The number of hydrogen-bond donors (Lipinski definition) is 2. The monoisotopic (exact) mass is 368 g/mol. The predicted octanol–water partition coefficient (Wildman–Crippen LogP) is 5.11. The van der Waals surface area contributed by atoms with E-state index >= 15 is 0 Å². The van der Waals surface area contributed by atoms with Crippen molar-refractivity contribution in [1.29, 1.82) is 0 Å². The topological polar surface area (TPSA) is 59.1 Å². The molecule has 0 radical (unpaired) electrons. The van der Waals surface area contributed by atoms with Crippen LogP contribution in [0.3, 0.4) is 0 Å². The summed E-state index contributed by atoms with van der Waals surface area (Å²) in [7, 11) is 1.66. The smallest absolute Gasteiger partial charge is 0.136 e. The highest BCUT2D eigenvalue weighted by molar-refractivity contribution is 6.31. The molecule has 0 saturated carbocycles. The summed E-state index contributed by atoms with van der Waals surface area (Å²) in [5.41, 5.74) is 3.07.